The van der Waals surface area contributed by atoms with Crippen LogP contribution in [-0.4, -0.2) is 59.2 Å². The number of nitrogens with zero attached hydrogens (tertiary/aromatic N) is 4. The standard InChI is InChI=1S/C19H26N8O/c1-13-4-5-15(12-14(13)2)22-17-16(23-25-24-17)18(28)26-8-10-27(11-9-26)19-20-6-3-7-21-19/h3-7,12,16-17,22-25H,8-11H2,1-2H3. The van der Waals surface area contributed by atoms with Crippen LogP contribution in [0.5, 0.6) is 0 Å². The number of aromatic nitrogens is 2. The minimum Gasteiger partial charge on any atom is -0.367 e. The fourth-order valence-corrected chi connectivity index (χ4v) is 3.48. The molecule has 2 atom stereocenters. The average Bonchev–Trinajstić information content (AvgIpc) is 3.19. The smallest absolute Gasteiger partial charge is 0.244 e. The Bertz CT molecular complexity index is 822. The van der Waals surface area contributed by atoms with Gasteiger partial charge in [0.15, 0.2) is 0 Å². The van der Waals surface area contributed by atoms with Gasteiger partial charge in [-0.3, -0.25) is 4.79 Å². The van der Waals surface area contributed by atoms with Crippen molar-refractivity contribution in [2.45, 2.75) is 26.1 Å². The quantitative estimate of drug-likeness (QED) is 0.594. The number of nitrogens with one attached hydrogen (secondary N) is 4. The van der Waals surface area contributed by atoms with Gasteiger partial charge in [0.05, 0.1) is 0 Å². The summed E-state index contributed by atoms with van der Waals surface area (Å²) in [5.41, 5.74) is 12.5. The Morgan fingerprint density at radius 3 is 2.54 bits per heavy atom. The van der Waals surface area contributed by atoms with E-state index in [1.54, 1.807) is 18.5 Å². The minimum absolute atomic E-state index is 0.0625. The molecule has 1 aromatic carbocycles. The number of aryl methyl sites for hydroxylation is 2. The predicted molar refractivity (Wildman–Crippen MR) is 107 cm³/mol. The molecule has 148 valence electrons. The van der Waals surface area contributed by atoms with Crippen LogP contribution >= 0.6 is 0 Å². The van der Waals surface area contributed by atoms with Crippen molar-refractivity contribution in [3.63, 3.8) is 0 Å². The molecule has 0 saturated carbocycles. The molecule has 4 rings (SSSR count). The number of carbonyl (C=O) groups excluding carboxylic acids is 1. The molecular weight excluding hydrogens is 356 g/mol. The highest BCUT2D eigenvalue weighted by atomic mass is 16.2. The Kier molecular flexibility index (Phi) is 5.38. The summed E-state index contributed by atoms with van der Waals surface area (Å²) < 4.78 is 0. The molecule has 0 bridgehead atoms. The lowest BCUT2D eigenvalue weighted by Gasteiger charge is -2.36. The van der Waals surface area contributed by atoms with Crippen LogP contribution in [0.3, 0.4) is 0 Å². The second-order valence-electron chi connectivity index (χ2n) is 7.17. The number of amides is 1. The van der Waals surface area contributed by atoms with Crippen molar-refractivity contribution >= 4 is 17.5 Å². The highest BCUT2D eigenvalue weighted by molar-refractivity contribution is 5.83. The van der Waals surface area contributed by atoms with Crippen molar-refractivity contribution in [3.05, 3.63) is 47.8 Å². The molecule has 0 radical (unpaired) electrons. The van der Waals surface area contributed by atoms with Crippen LogP contribution in [0, 0.1) is 13.8 Å². The number of rotatable bonds is 4. The van der Waals surface area contributed by atoms with Crippen molar-refractivity contribution in [2.75, 3.05) is 36.4 Å². The Balaban J connectivity index is 1.36. The van der Waals surface area contributed by atoms with E-state index in [0.29, 0.717) is 19.0 Å². The second kappa shape index (κ2) is 8.09. The highest BCUT2D eigenvalue weighted by Crippen LogP contribution is 2.17. The van der Waals surface area contributed by atoms with Crippen LogP contribution in [0.4, 0.5) is 11.6 Å². The van der Waals surface area contributed by atoms with Crippen molar-refractivity contribution in [3.8, 4) is 0 Å². The van der Waals surface area contributed by atoms with Crippen LogP contribution < -0.4 is 26.6 Å². The molecule has 2 unspecified atom stereocenters. The zero-order chi connectivity index (χ0) is 19.5. The average molecular weight is 382 g/mol. The molecule has 9 nitrogen and oxygen atoms in total. The monoisotopic (exact) mass is 382 g/mol. The van der Waals surface area contributed by atoms with E-state index in [1.165, 1.54) is 11.1 Å². The van der Waals surface area contributed by atoms with E-state index in [9.17, 15) is 4.79 Å². The number of hydrazine groups is 2. The molecule has 4 N–H and O–H groups in total. The fraction of sp³-hybridized carbons (Fsp3) is 0.421. The first kappa shape index (κ1) is 18.6. The summed E-state index contributed by atoms with van der Waals surface area (Å²) in [5, 5.41) is 3.40. The van der Waals surface area contributed by atoms with Gasteiger partial charge in [0.2, 0.25) is 11.9 Å². The molecule has 1 aromatic heterocycles. The number of carbonyl (C=O) groups is 1. The second-order valence-corrected chi connectivity index (χ2v) is 7.17. The van der Waals surface area contributed by atoms with Crippen LogP contribution in [-0.2, 0) is 4.79 Å². The molecule has 0 spiro atoms. The summed E-state index contributed by atoms with van der Waals surface area (Å²) in [6.07, 6.45) is 3.23. The summed E-state index contributed by atoms with van der Waals surface area (Å²) in [5.74, 6) is 0.777. The van der Waals surface area contributed by atoms with Gasteiger partial charge in [0.1, 0.15) is 12.2 Å². The Morgan fingerprint density at radius 2 is 1.82 bits per heavy atom. The minimum atomic E-state index is -0.402. The molecule has 2 aliphatic heterocycles. The maximum atomic E-state index is 13.1. The summed E-state index contributed by atoms with van der Waals surface area (Å²) in [4.78, 5) is 25.6. The predicted octanol–water partition coefficient (Wildman–Crippen LogP) is 0.161. The van der Waals surface area contributed by atoms with Crippen LogP contribution in [0.1, 0.15) is 11.1 Å². The van der Waals surface area contributed by atoms with Crippen LogP contribution in [0.2, 0.25) is 0 Å². The molecular formula is C19H26N8O. The largest absolute Gasteiger partial charge is 0.367 e. The van der Waals surface area contributed by atoms with Crippen molar-refractivity contribution < 1.29 is 4.79 Å². The molecule has 3 heterocycles. The summed E-state index contributed by atoms with van der Waals surface area (Å²) in [7, 11) is 0. The van der Waals surface area contributed by atoms with Gasteiger partial charge in [-0.1, -0.05) is 6.07 Å². The van der Waals surface area contributed by atoms with Gasteiger partial charge in [0.25, 0.3) is 0 Å². The van der Waals surface area contributed by atoms with Gasteiger partial charge in [-0.15, -0.1) is 0 Å². The first-order valence-electron chi connectivity index (χ1n) is 9.52. The van der Waals surface area contributed by atoms with Gasteiger partial charge in [-0.05, 0) is 43.2 Å². The van der Waals surface area contributed by atoms with Gasteiger partial charge in [-0.25, -0.2) is 20.8 Å². The lowest BCUT2D eigenvalue weighted by atomic mass is 10.1. The first-order valence-corrected chi connectivity index (χ1v) is 9.52. The summed E-state index contributed by atoms with van der Waals surface area (Å²) in [6, 6.07) is 7.60. The molecule has 2 aliphatic rings. The Labute approximate surface area is 164 Å². The third kappa shape index (κ3) is 3.91. The number of hydrogen-bond donors (Lipinski definition) is 4. The third-order valence-electron chi connectivity index (χ3n) is 5.31. The van der Waals surface area contributed by atoms with Crippen LogP contribution in [0.15, 0.2) is 36.7 Å². The van der Waals surface area contributed by atoms with E-state index in [-0.39, 0.29) is 12.1 Å². The van der Waals surface area contributed by atoms with Gasteiger partial charge >= 0.3 is 0 Å². The van der Waals surface area contributed by atoms with Gasteiger partial charge < -0.3 is 15.1 Å². The van der Waals surface area contributed by atoms with Crippen molar-refractivity contribution in [1.29, 1.82) is 0 Å². The number of anilines is 2. The zero-order valence-electron chi connectivity index (χ0n) is 16.1. The van der Waals surface area contributed by atoms with Gasteiger partial charge in [-0.2, -0.15) is 5.53 Å². The molecule has 1 amide bonds. The van der Waals surface area contributed by atoms with Crippen LogP contribution in [0.25, 0.3) is 0 Å². The summed E-state index contributed by atoms with van der Waals surface area (Å²) in [6.45, 7) is 6.90. The lowest BCUT2D eigenvalue weighted by molar-refractivity contribution is -0.133. The number of hydrogen-bond acceptors (Lipinski definition) is 8. The number of piperazine rings is 1. The van der Waals surface area contributed by atoms with E-state index in [1.807, 2.05) is 11.0 Å². The normalized spacial score (nSPS) is 22.4. The van der Waals surface area contributed by atoms with Crippen molar-refractivity contribution in [1.82, 2.24) is 31.3 Å². The topological polar surface area (TPSA) is 97.4 Å². The first-order chi connectivity index (χ1) is 13.6. The fourth-order valence-electron chi connectivity index (χ4n) is 3.48. The Morgan fingerprint density at radius 1 is 1.07 bits per heavy atom. The van der Waals surface area contributed by atoms with E-state index >= 15 is 0 Å². The third-order valence-corrected chi connectivity index (χ3v) is 5.31. The molecule has 2 aromatic rings. The van der Waals surface area contributed by atoms with E-state index in [2.05, 4.69) is 62.6 Å². The molecule has 2 fully saturated rings. The van der Waals surface area contributed by atoms with E-state index < -0.39 is 6.04 Å². The summed E-state index contributed by atoms with van der Waals surface area (Å²) >= 11 is 0. The molecule has 0 aliphatic carbocycles. The van der Waals surface area contributed by atoms with Crippen molar-refractivity contribution in [2.24, 2.45) is 0 Å². The molecule has 28 heavy (non-hydrogen) atoms. The Hall–Kier alpha value is -2.75. The molecule has 2 saturated heterocycles. The van der Waals surface area contributed by atoms with E-state index in [4.69, 9.17) is 0 Å². The zero-order valence-corrected chi connectivity index (χ0v) is 16.1. The van der Waals surface area contributed by atoms with Gasteiger partial charge in [0, 0.05) is 44.3 Å². The maximum Gasteiger partial charge on any atom is 0.244 e. The maximum absolute atomic E-state index is 13.1. The lowest BCUT2D eigenvalue weighted by Crippen LogP contribution is -2.57. The molecule has 9 heteroatoms. The SMILES string of the molecule is Cc1ccc(NC2NNNC2C(=O)N2CCN(c3ncccn3)CC2)cc1C. The highest BCUT2D eigenvalue weighted by Gasteiger charge is 2.36. The van der Waals surface area contributed by atoms with E-state index in [0.717, 1.165) is 18.8 Å². The number of benzene rings is 1.